The molecule has 2 aliphatic rings. The minimum absolute atomic E-state index is 0.0541. The first kappa shape index (κ1) is 24.2. The molecule has 1 aliphatic heterocycles. The molecule has 1 aliphatic carbocycles. The molecule has 0 bridgehead atoms. The van der Waals surface area contributed by atoms with Gasteiger partial charge in [0.1, 0.15) is 17.5 Å². The summed E-state index contributed by atoms with van der Waals surface area (Å²) < 4.78 is 54.2. The second kappa shape index (κ2) is 8.70. The lowest BCUT2D eigenvalue weighted by Gasteiger charge is -2.51. The summed E-state index contributed by atoms with van der Waals surface area (Å²) in [6.45, 7) is 8.82. The van der Waals surface area contributed by atoms with Crippen molar-refractivity contribution in [2.75, 3.05) is 13.1 Å². The van der Waals surface area contributed by atoms with Crippen LogP contribution in [0.15, 0.2) is 30.3 Å². The number of nitrogens with zero attached hydrogens (tertiary/aromatic N) is 3. The first-order valence-corrected chi connectivity index (χ1v) is 11.4. The van der Waals surface area contributed by atoms with Crippen LogP contribution in [0.4, 0.5) is 18.0 Å². The van der Waals surface area contributed by atoms with Crippen LogP contribution in [-0.4, -0.2) is 51.9 Å². The monoisotopic (exact) mass is 481 g/mol. The van der Waals surface area contributed by atoms with Crippen LogP contribution < -0.4 is 9.47 Å². The maximum absolute atomic E-state index is 12.4. The minimum Gasteiger partial charge on any atom is -0.473 e. The number of ether oxygens (including phenoxy) is 3. The van der Waals surface area contributed by atoms with Crippen molar-refractivity contribution in [2.45, 2.75) is 71.4 Å². The fourth-order valence-electron chi connectivity index (χ4n) is 4.61. The van der Waals surface area contributed by atoms with Gasteiger partial charge in [-0.15, -0.1) is 18.3 Å². The van der Waals surface area contributed by atoms with Gasteiger partial charge in [0.2, 0.25) is 5.88 Å². The standard InChI is InChI=1S/C24H30F3N3O4/c1-16-13-20(28-30(16)17-5-7-18(8-6-17)33-24(25,26)27)32-19-14-23(15-19)9-11-29(12-10-23)21(31)34-22(2,3)4/h5-8,13,19H,9-12,14-15H2,1-4H3. The number of carbonyl (C=O) groups is 1. The topological polar surface area (TPSA) is 65.8 Å². The molecule has 0 atom stereocenters. The van der Waals surface area contributed by atoms with E-state index in [1.54, 1.807) is 9.58 Å². The number of rotatable bonds is 4. The molecule has 1 spiro atoms. The Morgan fingerprint density at radius 2 is 1.71 bits per heavy atom. The lowest BCUT2D eigenvalue weighted by atomic mass is 9.61. The first-order valence-electron chi connectivity index (χ1n) is 11.4. The van der Waals surface area contributed by atoms with Gasteiger partial charge >= 0.3 is 12.5 Å². The van der Waals surface area contributed by atoms with E-state index in [1.165, 1.54) is 24.3 Å². The van der Waals surface area contributed by atoms with E-state index in [-0.39, 0.29) is 23.4 Å². The molecule has 34 heavy (non-hydrogen) atoms. The second-order valence-corrected chi connectivity index (χ2v) is 10.2. The average molecular weight is 482 g/mol. The zero-order chi connectivity index (χ0) is 24.7. The van der Waals surface area contributed by atoms with E-state index in [1.807, 2.05) is 33.8 Å². The molecule has 0 unspecified atom stereocenters. The van der Waals surface area contributed by atoms with E-state index in [0.29, 0.717) is 24.7 Å². The van der Waals surface area contributed by atoms with Gasteiger partial charge in [-0.25, -0.2) is 9.48 Å². The molecule has 2 aromatic rings. The number of hydrogen-bond acceptors (Lipinski definition) is 5. The molecule has 2 heterocycles. The van der Waals surface area contributed by atoms with Gasteiger partial charge in [-0.3, -0.25) is 0 Å². The molecule has 1 saturated heterocycles. The number of amides is 1. The molecule has 7 nitrogen and oxygen atoms in total. The van der Waals surface area contributed by atoms with Gasteiger partial charge < -0.3 is 19.1 Å². The van der Waals surface area contributed by atoms with E-state index in [9.17, 15) is 18.0 Å². The summed E-state index contributed by atoms with van der Waals surface area (Å²) in [5, 5.41) is 4.47. The molecule has 10 heteroatoms. The van der Waals surface area contributed by atoms with Crippen molar-refractivity contribution < 1.29 is 32.2 Å². The number of halogens is 3. The average Bonchev–Trinajstić information content (AvgIpc) is 3.05. The Morgan fingerprint density at radius 3 is 2.26 bits per heavy atom. The van der Waals surface area contributed by atoms with Crippen molar-refractivity contribution in [2.24, 2.45) is 5.41 Å². The highest BCUT2D eigenvalue weighted by molar-refractivity contribution is 5.68. The van der Waals surface area contributed by atoms with Crippen molar-refractivity contribution >= 4 is 6.09 Å². The number of carbonyl (C=O) groups excluding carboxylic acids is 1. The molecule has 1 aromatic carbocycles. The van der Waals surface area contributed by atoms with Crippen LogP contribution in [-0.2, 0) is 4.74 Å². The maximum Gasteiger partial charge on any atom is 0.573 e. The highest BCUT2D eigenvalue weighted by atomic mass is 19.4. The van der Waals surface area contributed by atoms with Crippen LogP contribution in [0.25, 0.3) is 5.69 Å². The van der Waals surface area contributed by atoms with Crippen LogP contribution in [0.5, 0.6) is 11.6 Å². The third-order valence-corrected chi connectivity index (χ3v) is 6.26. The Morgan fingerprint density at radius 1 is 1.09 bits per heavy atom. The largest absolute Gasteiger partial charge is 0.573 e. The predicted octanol–water partition coefficient (Wildman–Crippen LogP) is 5.64. The van der Waals surface area contributed by atoms with Crippen molar-refractivity contribution in [3.63, 3.8) is 0 Å². The van der Waals surface area contributed by atoms with Crippen molar-refractivity contribution in [1.29, 1.82) is 0 Å². The van der Waals surface area contributed by atoms with E-state index in [0.717, 1.165) is 31.4 Å². The summed E-state index contributed by atoms with van der Waals surface area (Å²) in [6, 6.07) is 7.35. The number of alkyl halides is 3. The van der Waals surface area contributed by atoms with Gasteiger partial charge in [-0.1, -0.05) is 0 Å². The Labute approximate surface area is 196 Å². The Hall–Kier alpha value is -2.91. The third kappa shape index (κ3) is 5.77. The molecule has 186 valence electrons. The molecule has 0 N–H and O–H groups in total. The molecule has 4 rings (SSSR count). The molecular weight excluding hydrogens is 451 g/mol. The van der Waals surface area contributed by atoms with Crippen molar-refractivity contribution in [1.82, 2.24) is 14.7 Å². The lowest BCUT2D eigenvalue weighted by molar-refractivity contribution is -0.274. The van der Waals surface area contributed by atoms with Gasteiger partial charge in [-0.05, 0) is 83.1 Å². The third-order valence-electron chi connectivity index (χ3n) is 6.26. The van der Waals surface area contributed by atoms with Crippen LogP contribution in [0.3, 0.4) is 0 Å². The molecular formula is C24H30F3N3O4. The Balaban J connectivity index is 1.29. The summed E-state index contributed by atoms with van der Waals surface area (Å²) in [5.41, 5.74) is 1.11. The van der Waals surface area contributed by atoms with Gasteiger partial charge in [-0.2, -0.15) is 0 Å². The molecule has 0 radical (unpaired) electrons. The zero-order valence-corrected chi connectivity index (χ0v) is 19.8. The summed E-state index contributed by atoms with van der Waals surface area (Å²) in [4.78, 5) is 14.1. The van der Waals surface area contributed by atoms with Gasteiger partial charge in [0, 0.05) is 24.8 Å². The minimum atomic E-state index is -4.73. The number of likely N-dealkylation sites (tertiary alicyclic amines) is 1. The Bertz CT molecular complexity index is 1010. The lowest BCUT2D eigenvalue weighted by Crippen LogP contribution is -2.52. The van der Waals surface area contributed by atoms with E-state index < -0.39 is 12.0 Å². The Kier molecular flexibility index (Phi) is 6.20. The number of piperidine rings is 1. The fraction of sp³-hybridized carbons (Fsp3) is 0.583. The zero-order valence-electron chi connectivity index (χ0n) is 19.8. The number of hydrogen-bond donors (Lipinski definition) is 0. The summed E-state index contributed by atoms with van der Waals surface area (Å²) in [7, 11) is 0. The second-order valence-electron chi connectivity index (χ2n) is 10.2. The quantitative estimate of drug-likeness (QED) is 0.566. The van der Waals surface area contributed by atoms with Crippen molar-refractivity contribution in [3.05, 3.63) is 36.0 Å². The molecule has 1 saturated carbocycles. The van der Waals surface area contributed by atoms with Gasteiger partial charge in [0.15, 0.2) is 0 Å². The molecule has 2 fully saturated rings. The fourth-order valence-corrected chi connectivity index (χ4v) is 4.61. The normalized spacial score (nSPS) is 18.5. The number of aryl methyl sites for hydroxylation is 1. The summed E-state index contributed by atoms with van der Waals surface area (Å²) in [6.07, 6.45) is -1.27. The van der Waals surface area contributed by atoms with Gasteiger partial charge in [0.05, 0.1) is 5.69 Å². The highest BCUT2D eigenvalue weighted by Crippen LogP contribution is 2.50. The van der Waals surface area contributed by atoms with E-state index in [4.69, 9.17) is 9.47 Å². The number of benzene rings is 1. The van der Waals surface area contributed by atoms with Crippen LogP contribution in [0.1, 0.15) is 52.1 Å². The number of aromatic nitrogens is 2. The van der Waals surface area contributed by atoms with E-state index >= 15 is 0 Å². The predicted molar refractivity (Wildman–Crippen MR) is 118 cm³/mol. The van der Waals surface area contributed by atoms with Crippen molar-refractivity contribution in [3.8, 4) is 17.3 Å². The highest BCUT2D eigenvalue weighted by Gasteiger charge is 2.48. The molecule has 1 amide bonds. The summed E-state index contributed by atoms with van der Waals surface area (Å²) >= 11 is 0. The maximum atomic E-state index is 12.4. The van der Waals surface area contributed by atoms with Crippen LogP contribution >= 0.6 is 0 Å². The van der Waals surface area contributed by atoms with E-state index in [2.05, 4.69) is 9.84 Å². The SMILES string of the molecule is Cc1cc(OC2CC3(CCN(C(=O)OC(C)(C)C)CC3)C2)nn1-c1ccc(OC(F)(F)F)cc1. The van der Waals surface area contributed by atoms with Crippen LogP contribution in [0, 0.1) is 12.3 Å². The smallest absolute Gasteiger partial charge is 0.473 e. The molecule has 1 aromatic heterocycles. The van der Waals surface area contributed by atoms with Gasteiger partial charge in [0.25, 0.3) is 0 Å². The summed E-state index contributed by atoms with van der Waals surface area (Å²) in [5.74, 6) is 0.203. The first-order chi connectivity index (χ1) is 15.8. The van der Waals surface area contributed by atoms with Crippen LogP contribution in [0.2, 0.25) is 0 Å².